The molecular weight excluding hydrogens is 258 g/mol. The number of aromatic hydroxyl groups is 1. The average molecular weight is 271 g/mol. The molecule has 96 valence electrons. The van der Waals surface area contributed by atoms with E-state index < -0.39 is 0 Å². The van der Waals surface area contributed by atoms with Crippen molar-refractivity contribution >= 4 is 29.2 Å². The summed E-state index contributed by atoms with van der Waals surface area (Å²) >= 11 is 5.09. The molecule has 2 rings (SSSR count). The van der Waals surface area contributed by atoms with Crippen molar-refractivity contribution in [3.05, 3.63) is 60.2 Å². The molecule has 0 heterocycles. The van der Waals surface area contributed by atoms with Crippen molar-refractivity contribution in [2.45, 2.75) is 0 Å². The van der Waals surface area contributed by atoms with E-state index in [0.29, 0.717) is 10.7 Å². The number of nitrogens with zero attached hydrogens (tertiary/aromatic N) is 1. The predicted molar refractivity (Wildman–Crippen MR) is 81.5 cm³/mol. The Labute approximate surface area is 116 Å². The molecule has 0 atom stereocenters. The Morgan fingerprint density at radius 3 is 2.47 bits per heavy atom. The summed E-state index contributed by atoms with van der Waals surface area (Å²) in [6, 6.07) is 16.5. The van der Waals surface area contributed by atoms with Gasteiger partial charge in [-0.2, -0.15) is 5.10 Å². The van der Waals surface area contributed by atoms with Crippen molar-refractivity contribution in [3.63, 3.8) is 0 Å². The van der Waals surface area contributed by atoms with E-state index in [0.717, 1.165) is 5.69 Å². The molecular formula is C14H13N3OS. The molecule has 19 heavy (non-hydrogen) atoms. The van der Waals surface area contributed by atoms with Crippen LogP contribution in [0.2, 0.25) is 0 Å². The van der Waals surface area contributed by atoms with E-state index in [9.17, 15) is 5.11 Å². The summed E-state index contributed by atoms with van der Waals surface area (Å²) in [5, 5.41) is 16.9. The van der Waals surface area contributed by atoms with Crippen molar-refractivity contribution in [1.82, 2.24) is 5.43 Å². The van der Waals surface area contributed by atoms with E-state index in [2.05, 4.69) is 15.8 Å². The van der Waals surface area contributed by atoms with Crippen molar-refractivity contribution < 1.29 is 5.11 Å². The van der Waals surface area contributed by atoms with Crippen molar-refractivity contribution in [2.75, 3.05) is 5.32 Å². The number of phenolic OH excluding ortho intramolecular Hbond substituents is 1. The summed E-state index contributed by atoms with van der Waals surface area (Å²) in [4.78, 5) is 0. The van der Waals surface area contributed by atoms with Crippen LogP contribution in [0.1, 0.15) is 5.56 Å². The summed E-state index contributed by atoms with van der Waals surface area (Å²) in [5.41, 5.74) is 4.20. The second-order valence-corrected chi connectivity index (χ2v) is 4.16. The first-order chi connectivity index (χ1) is 9.25. The van der Waals surface area contributed by atoms with Crippen LogP contribution in [0.5, 0.6) is 5.75 Å². The number of hydrogen-bond donors (Lipinski definition) is 3. The monoisotopic (exact) mass is 271 g/mol. The molecule has 0 spiro atoms. The number of benzene rings is 2. The number of hydrogen-bond acceptors (Lipinski definition) is 3. The van der Waals surface area contributed by atoms with E-state index >= 15 is 0 Å². The molecule has 0 saturated heterocycles. The fraction of sp³-hybridized carbons (Fsp3) is 0. The Bertz CT molecular complexity index is 584. The number of thiocarbonyl (C=S) groups is 1. The Kier molecular flexibility index (Phi) is 4.47. The molecule has 2 aromatic rings. The van der Waals surface area contributed by atoms with Crippen LogP contribution in [-0.4, -0.2) is 16.4 Å². The van der Waals surface area contributed by atoms with Gasteiger partial charge in [-0.1, -0.05) is 30.3 Å². The zero-order valence-corrected chi connectivity index (χ0v) is 10.9. The highest BCUT2D eigenvalue weighted by Crippen LogP contribution is 2.12. The lowest BCUT2D eigenvalue weighted by Gasteiger charge is -2.06. The zero-order valence-electron chi connectivity index (χ0n) is 10.1. The SMILES string of the molecule is Oc1ccccc1/C=N\NC(=S)Nc1ccccc1. The van der Waals surface area contributed by atoms with Gasteiger partial charge in [-0.3, -0.25) is 5.43 Å². The Balaban J connectivity index is 1.89. The minimum absolute atomic E-state index is 0.176. The molecule has 5 heteroatoms. The Morgan fingerprint density at radius 1 is 1.05 bits per heavy atom. The van der Waals surface area contributed by atoms with Crippen LogP contribution in [0, 0.1) is 0 Å². The van der Waals surface area contributed by atoms with Gasteiger partial charge >= 0.3 is 0 Å². The van der Waals surface area contributed by atoms with Gasteiger partial charge in [0.05, 0.1) is 6.21 Å². The third-order valence-electron chi connectivity index (χ3n) is 2.34. The largest absolute Gasteiger partial charge is 0.507 e. The molecule has 0 amide bonds. The fourth-order valence-corrected chi connectivity index (χ4v) is 1.61. The maximum atomic E-state index is 9.54. The molecule has 0 unspecified atom stereocenters. The van der Waals surface area contributed by atoms with Gasteiger partial charge in [0.15, 0.2) is 5.11 Å². The van der Waals surface area contributed by atoms with E-state index in [4.69, 9.17) is 12.2 Å². The number of nitrogens with one attached hydrogen (secondary N) is 2. The standard InChI is InChI=1S/C14H13N3OS/c18-13-9-5-4-6-11(13)10-15-17-14(19)16-12-7-2-1-3-8-12/h1-10,18H,(H2,16,17,19)/b15-10-. The third kappa shape index (κ3) is 4.08. The van der Waals surface area contributed by atoms with Crippen molar-refractivity contribution in [3.8, 4) is 5.75 Å². The molecule has 0 aliphatic carbocycles. The van der Waals surface area contributed by atoms with Gasteiger partial charge in [-0.25, -0.2) is 0 Å². The quantitative estimate of drug-likeness (QED) is 0.456. The number of anilines is 1. The summed E-state index contributed by atoms with van der Waals surface area (Å²) < 4.78 is 0. The number of phenols is 1. The molecule has 2 aromatic carbocycles. The van der Waals surface area contributed by atoms with Gasteiger partial charge in [0.25, 0.3) is 0 Å². The molecule has 0 radical (unpaired) electrons. The summed E-state index contributed by atoms with van der Waals surface area (Å²) in [5.74, 6) is 0.176. The highest BCUT2D eigenvalue weighted by Gasteiger charge is 1.96. The van der Waals surface area contributed by atoms with Gasteiger partial charge < -0.3 is 10.4 Å². The molecule has 0 aliphatic rings. The van der Waals surface area contributed by atoms with Crippen molar-refractivity contribution in [2.24, 2.45) is 5.10 Å². The van der Waals surface area contributed by atoms with Crippen LogP contribution < -0.4 is 10.7 Å². The van der Waals surface area contributed by atoms with Crippen LogP contribution in [-0.2, 0) is 0 Å². The van der Waals surface area contributed by atoms with Gasteiger partial charge in [-0.05, 0) is 36.5 Å². The molecule has 0 saturated carbocycles. The number of hydrazone groups is 1. The highest BCUT2D eigenvalue weighted by molar-refractivity contribution is 7.80. The Morgan fingerprint density at radius 2 is 1.74 bits per heavy atom. The topological polar surface area (TPSA) is 56.7 Å². The first-order valence-electron chi connectivity index (χ1n) is 5.69. The first-order valence-corrected chi connectivity index (χ1v) is 6.09. The van der Waals surface area contributed by atoms with Crippen LogP contribution in [0.3, 0.4) is 0 Å². The van der Waals surface area contributed by atoms with Gasteiger partial charge in [-0.15, -0.1) is 0 Å². The van der Waals surface area contributed by atoms with Crippen LogP contribution in [0.4, 0.5) is 5.69 Å². The van der Waals surface area contributed by atoms with E-state index in [-0.39, 0.29) is 5.75 Å². The predicted octanol–water partition coefficient (Wildman–Crippen LogP) is 2.71. The smallest absolute Gasteiger partial charge is 0.191 e. The normalized spacial score (nSPS) is 10.3. The molecule has 0 fully saturated rings. The van der Waals surface area contributed by atoms with Crippen LogP contribution in [0.25, 0.3) is 0 Å². The molecule has 0 aromatic heterocycles. The maximum Gasteiger partial charge on any atom is 0.191 e. The van der Waals surface area contributed by atoms with Crippen LogP contribution >= 0.6 is 12.2 Å². The van der Waals surface area contributed by atoms with Gasteiger partial charge in [0, 0.05) is 11.3 Å². The molecule has 0 bridgehead atoms. The zero-order chi connectivity index (χ0) is 13.5. The average Bonchev–Trinajstić information content (AvgIpc) is 2.42. The first kappa shape index (κ1) is 13.0. The maximum absolute atomic E-state index is 9.54. The minimum atomic E-state index is 0.176. The fourth-order valence-electron chi connectivity index (χ4n) is 1.44. The molecule has 0 aliphatic heterocycles. The highest BCUT2D eigenvalue weighted by atomic mass is 32.1. The Hall–Kier alpha value is -2.40. The summed E-state index contributed by atoms with van der Waals surface area (Å²) in [7, 11) is 0. The third-order valence-corrected chi connectivity index (χ3v) is 2.53. The summed E-state index contributed by atoms with van der Waals surface area (Å²) in [6.45, 7) is 0. The van der Waals surface area contributed by atoms with Crippen molar-refractivity contribution in [1.29, 1.82) is 0 Å². The van der Waals surface area contributed by atoms with E-state index in [1.54, 1.807) is 18.2 Å². The molecule has 3 N–H and O–H groups in total. The van der Waals surface area contributed by atoms with Crippen LogP contribution in [0.15, 0.2) is 59.7 Å². The lowest BCUT2D eigenvalue weighted by atomic mass is 10.2. The van der Waals surface area contributed by atoms with Gasteiger partial charge in [0.1, 0.15) is 5.75 Å². The lowest BCUT2D eigenvalue weighted by Crippen LogP contribution is -2.23. The minimum Gasteiger partial charge on any atom is -0.507 e. The molecule has 4 nitrogen and oxygen atoms in total. The summed E-state index contributed by atoms with van der Waals surface area (Å²) in [6.07, 6.45) is 1.51. The van der Waals surface area contributed by atoms with E-state index in [1.807, 2.05) is 36.4 Å². The van der Waals surface area contributed by atoms with Gasteiger partial charge in [0.2, 0.25) is 0 Å². The second-order valence-electron chi connectivity index (χ2n) is 3.75. The number of rotatable bonds is 3. The second kappa shape index (κ2) is 6.51. The number of para-hydroxylation sites is 2. The lowest BCUT2D eigenvalue weighted by molar-refractivity contribution is 0.474. The van der Waals surface area contributed by atoms with E-state index in [1.165, 1.54) is 6.21 Å².